The highest BCUT2D eigenvalue weighted by molar-refractivity contribution is 7.88. The van der Waals surface area contributed by atoms with Crippen molar-refractivity contribution < 1.29 is 36.3 Å². The summed E-state index contributed by atoms with van der Waals surface area (Å²) in [6.07, 6.45) is -0.105. The van der Waals surface area contributed by atoms with Crippen LogP contribution in [-0.4, -0.2) is 85.8 Å². The number of piperidine rings is 1. The molecule has 2 N–H and O–H groups in total. The van der Waals surface area contributed by atoms with Crippen LogP contribution in [0.25, 0.3) is 0 Å². The number of amides is 1. The van der Waals surface area contributed by atoms with Crippen LogP contribution in [0.5, 0.6) is 0 Å². The van der Waals surface area contributed by atoms with E-state index < -0.39 is 22.2 Å². The van der Waals surface area contributed by atoms with E-state index in [-0.39, 0.29) is 17.4 Å². The van der Waals surface area contributed by atoms with Gasteiger partial charge in [0.25, 0.3) is 0 Å². The standard InChI is InChI=1S/C15H27N3O3S.C2HF3O2/c1-12-11-16-5-8-18(12)14(19)13-9-15(10-13)3-6-17(7-4-15)22(2,20)21;3-2(4,5)1(6)7/h12-13,16H,3-11H2,1-2H3;(H,6,7). The van der Waals surface area contributed by atoms with Crippen LogP contribution in [0, 0.1) is 11.3 Å². The molecule has 1 spiro atoms. The Hall–Kier alpha value is -1.40. The number of carbonyl (C=O) groups is 2. The molecule has 3 rings (SSSR count). The van der Waals surface area contributed by atoms with E-state index in [9.17, 15) is 26.4 Å². The number of hydrogen-bond donors (Lipinski definition) is 2. The van der Waals surface area contributed by atoms with Crippen molar-refractivity contribution in [2.75, 3.05) is 39.0 Å². The molecule has 2 heterocycles. The van der Waals surface area contributed by atoms with Gasteiger partial charge in [-0.2, -0.15) is 13.2 Å². The third kappa shape index (κ3) is 6.05. The molecule has 8 nitrogen and oxygen atoms in total. The summed E-state index contributed by atoms with van der Waals surface area (Å²) in [5.74, 6) is -2.29. The van der Waals surface area contributed by atoms with Gasteiger partial charge in [0.2, 0.25) is 15.9 Å². The minimum absolute atomic E-state index is 0.158. The molecule has 0 aromatic heterocycles. The summed E-state index contributed by atoms with van der Waals surface area (Å²) in [7, 11) is -3.06. The van der Waals surface area contributed by atoms with E-state index in [0.717, 1.165) is 45.3 Å². The van der Waals surface area contributed by atoms with Crippen molar-refractivity contribution >= 4 is 21.9 Å². The second-order valence-corrected chi connectivity index (χ2v) is 10.1. The van der Waals surface area contributed by atoms with Gasteiger partial charge >= 0.3 is 12.1 Å². The number of halogens is 3. The lowest BCUT2D eigenvalue weighted by atomic mass is 9.57. The number of alkyl halides is 3. The van der Waals surface area contributed by atoms with Crippen LogP contribution in [-0.2, 0) is 19.6 Å². The van der Waals surface area contributed by atoms with Crippen molar-refractivity contribution in [1.29, 1.82) is 0 Å². The predicted octanol–water partition coefficient (Wildman–Crippen LogP) is 0.892. The number of sulfonamides is 1. The molecule has 1 amide bonds. The van der Waals surface area contributed by atoms with E-state index in [4.69, 9.17) is 9.90 Å². The normalized spacial score (nSPS) is 25.7. The molecule has 1 aliphatic carbocycles. The maximum Gasteiger partial charge on any atom is 0.490 e. The summed E-state index contributed by atoms with van der Waals surface area (Å²) in [5, 5.41) is 10.4. The van der Waals surface area contributed by atoms with Crippen LogP contribution in [0.15, 0.2) is 0 Å². The highest BCUT2D eigenvalue weighted by atomic mass is 32.2. The summed E-state index contributed by atoms with van der Waals surface area (Å²) in [6, 6.07) is 0.282. The zero-order chi connectivity index (χ0) is 22.0. The zero-order valence-corrected chi connectivity index (χ0v) is 17.4. The molecule has 2 aliphatic heterocycles. The summed E-state index contributed by atoms with van der Waals surface area (Å²) in [4.78, 5) is 23.6. The van der Waals surface area contributed by atoms with Gasteiger partial charge < -0.3 is 15.3 Å². The molecule has 0 bridgehead atoms. The first-order chi connectivity index (χ1) is 13.3. The number of aliphatic carboxylic acids is 1. The average Bonchev–Trinajstić information content (AvgIpc) is 2.58. The highest BCUT2D eigenvalue weighted by Gasteiger charge is 2.50. The monoisotopic (exact) mass is 443 g/mol. The molecule has 3 aliphatic rings. The molecule has 1 unspecified atom stereocenters. The number of piperazine rings is 1. The first kappa shape index (κ1) is 23.9. The van der Waals surface area contributed by atoms with Crippen molar-refractivity contribution in [3.63, 3.8) is 0 Å². The molecule has 29 heavy (non-hydrogen) atoms. The predicted molar refractivity (Wildman–Crippen MR) is 98.5 cm³/mol. The molecule has 2 saturated heterocycles. The van der Waals surface area contributed by atoms with E-state index in [1.54, 1.807) is 4.31 Å². The van der Waals surface area contributed by atoms with Crippen molar-refractivity contribution in [3.05, 3.63) is 0 Å². The Kier molecular flexibility index (Phi) is 7.21. The minimum atomic E-state index is -5.08. The zero-order valence-electron chi connectivity index (χ0n) is 16.5. The third-order valence-electron chi connectivity index (χ3n) is 5.99. The Balaban J connectivity index is 0.000000370. The molecular weight excluding hydrogens is 415 g/mol. The maximum atomic E-state index is 12.6. The van der Waals surface area contributed by atoms with Crippen LogP contribution in [0.2, 0.25) is 0 Å². The molecule has 0 aromatic rings. The van der Waals surface area contributed by atoms with Crippen molar-refractivity contribution in [2.45, 2.75) is 44.8 Å². The Morgan fingerprint density at radius 1 is 1.14 bits per heavy atom. The fraction of sp³-hybridized carbons (Fsp3) is 0.882. The molecule has 12 heteroatoms. The van der Waals surface area contributed by atoms with Crippen molar-refractivity contribution in [1.82, 2.24) is 14.5 Å². The summed E-state index contributed by atoms with van der Waals surface area (Å²) in [5.41, 5.74) is 0.221. The largest absolute Gasteiger partial charge is 0.490 e. The van der Waals surface area contributed by atoms with Crippen LogP contribution < -0.4 is 5.32 Å². The first-order valence-corrected chi connectivity index (χ1v) is 11.4. The van der Waals surface area contributed by atoms with Crippen LogP contribution >= 0.6 is 0 Å². The number of carboxylic acid groups (broad SMARTS) is 1. The van der Waals surface area contributed by atoms with Gasteiger partial charge in [-0.25, -0.2) is 17.5 Å². The van der Waals surface area contributed by atoms with Gasteiger partial charge in [0.15, 0.2) is 0 Å². The van der Waals surface area contributed by atoms with Gasteiger partial charge in [-0.3, -0.25) is 4.79 Å². The van der Waals surface area contributed by atoms with Crippen molar-refractivity contribution in [3.8, 4) is 0 Å². The molecular formula is C17H28F3N3O5S. The van der Waals surface area contributed by atoms with Gasteiger partial charge in [0.05, 0.1) is 6.26 Å². The highest BCUT2D eigenvalue weighted by Crippen LogP contribution is 2.53. The summed E-state index contributed by atoms with van der Waals surface area (Å²) in [6.45, 7) is 5.91. The lowest BCUT2D eigenvalue weighted by Crippen LogP contribution is -2.57. The first-order valence-electron chi connectivity index (χ1n) is 9.52. The fourth-order valence-corrected chi connectivity index (χ4v) is 5.11. The van der Waals surface area contributed by atoms with Crippen LogP contribution in [0.1, 0.15) is 32.6 Å². The third-order valence-corrected chi connectivity index (χ3v) is 7.29. The SMILES string of the molecule is CC1CNCCN1C(=O)C1CC2(CCN(S(C)(=O)=O)CC2)C1.O=C(O)C(F)(F)F. The smallest absolute Gasteiger partial charge is 0.475 e. The van der Waals surface area contributed by atoms with Crippen molar-refractivity contribution in [2.24, 2.45) is 11.3 Å². The minimum Gasteiger partial charge on any atom is -0.475 e. The topological polar surface area (TPSA) is 107 Å². The van der Waals surface area contributed by atoms with E-state index >= 15 is 0 Å². The van der Waals surface area contributed by atoms with Gasteiger partial charge in [-0.15, -0.1) is 0 Å². The number of rotatable bonds is 2. The Labute approximate surface area is 168 Å². The van der Waals surface area contributed by atoms with Gasteiger partial charge in [-0.1, -0.05) is 0 Å². The van der Waals surface area contributed by atoms with Crippen LogP contribution in [0.4, 0.5) is 13.2 Å². The molecule has 3 fully saturated rings. The number of hydrogen-bond acceptors (Lipinski definition) is 5. The van der Waals surface area contributed by atoms with E-state index in [0.29, 0.717) is 19.0 Å². The fourth-order valence-electron chi connectivity index (χ4n) is 4.26. The number of nitrogens with one attached hydrogen (secondary N) is 1. The lowest BCUT2D eigenvalue weighted by Gasteiger charge is -2.52. The Bertz CT molecular complexity index is 712. The second kappa shape index (κ2) is 8.76. The molecule has 168 valence electrons. The Morgan fingerprint density at radius 3 is 2.07 bits per heavy atom. The maximum absolute atomic E-state index is 12.6. The van der Waals surface area contributed by atoms with E-state index in [1.807, 2.05) is 4.90 Å². The summed E-state index contributed by atoms with van der Waals surface area (Å²) >= 11 is 0. The van der Waals surface area contributed by atoms with Gasteiger partial charge in [0, 0.05) is 44.7 Å². The molecule has 0 radical (unpaired) electrons. The molecule has 1 saturated carbocycles. The van der Waals surface area contributed by atoms with E-state index in [1.165, 1.54) is 6.26 Å². The van der Waals surface area contributed by atoms with E-state index in [2.05, 4.69) is 12.2 Å². The number of nitrogens with zero attached hydrogens (tertiary/aromatic N) is 2. The number of carbonyl (C=O) groups excluding carboxylic acids is 1. The van der Waals surface area contributed by atoms with Crippen LogP contribution in [0.3, 0.4) is 0 Å². The lowest BCUT2D eigenvalue weighted by molar-refractivity contribution is -0.192. The second-order valence-electron chi connectivity index (χ2n) is 8.15. The quantitative estimate of drug-likeness (QED) is 0.657. The Morgan fingerprint density at radius 2 is 1.66 bits per heavy atom. The number of carboxylic acids is 1. The molecule has 0 aromatic carbocycles. The van der Waals surface area contributed by atoms with Gasteiger partial charge in [-0.05, 0) is 38.0 Å². The molecule has 1 atom stereocenters. The average molecular weight is 443 g/mol. The summed E-state index contributed by atoms with van der Waals surface area (Å²) < 4.78 is 56.5. The van der Waals surface area contributed by atoms with Gasteiger partial charge in [0.1, 0.15) is 0 Å².